The Morgan fingerprint density at radius 1 is 1.18 bits per heavy atom. The first-order valence-corrected chi connectivity index (χ1v) is 7.48. The van der Waals surface area contributed by atoms with Gasteiger partial charge in [0.25, 0.3) is 0 Å². The second-order valence-electron chi connectivity index (χ2n) is 7.55. The van der Waals surface area contributed by atoms with Gasteiger partial charge in [0.05, 0.1) is 0 Å². The molecule has 1 heteroatoms. The number of nitrogens with zero attached hydrogens (tertiary/aromatic N) is 1. The molecule has 1 rings (SSSR count). The van der Waals surface area contributed by atoms with Crippen LogP contribution >= 0.6 is 0 Å². The van der Waals surface area contributed by atoms with Crippen LogP contribution in [-0.4, -0.2) is 24.5 Å². The van der Waals surface area contributed by atoms with Crippen LogP contribution in [0.1, 0.15) is 73.1 Å². The minimum absolute atomic E-state index is 0.483. The van der Waals surface area contributed by atoms with Gasteiger partial charge in [-0.25, -0.2) is 0 Å². The average molecular weight is 239 g/mol. The molecule has 102 valence electrons. The summed E-state index contributed by atoms with van der Waals surface area (Å²) >= 11 is 0. The fourth-order valence-electron chi connectivity index (χ4n) is 3.35. The molecule has 1 fully saturated rings. The summed E-state index contributed by atoms with van der Waals surface area (Å²) in [6, 6.07) is 0.733. The minimum atomic E-state index is 0.483. The van der Waals surface area contributed by atoms with E-state index in [9.17, 15) is 0 Å². The van der Waals surface area contributed by atoms with Crippen LogP contribution in [0.15, 0.2) is 0 Å². The average Bonchev–Trinajstić information content (AvgIpc) is 2.22. The monoisotopic (exact) mass is 239 g/mol. The molecule has 1 aliphatic rings. The molecule has 2 unspecified atom stereocenters. The van der Waals surface area contributed by atoms with Crippen LogP contribution in [0.5, 0.6) is 0 Å². The number of hydrogen-bond donors (Lipinski definition) is 0. The SMILES string of the molecule is CCCCC1(C)CCC(C)(C)CN(C)C(C)C1. The zero-order valence-corrected chi connectivity index (χ0v) is 13.0. The van der Waals surface area contributed by atoms with Crippen molar-refractivity contribution in [2.45, 2.75) is 79.2 Å². The second kappa shape index (κ2) is 5.73. The summed E-state index contributed by atoms with van der Waals surface area (Å²) in [4.78, 5) is 2.57. The van der Waals surface area contributed by atoms with Crippen molar-refractivity contribution in [3.63, 3.8) is 0 Å². The normalized spacial score (nSPS) is 35.3. The van der Waals surface area contributed by atoms with Gasteiger partial charge < -0.3 is 4.90 Å². The van der Waals surface area contributed by atoms with E-state index in [0.29, 0.717) is 10.8 Å². The third-order valence-corrected chi connectivity index (χ3v) is 4.76. The van der Waals surface area contributed by atoms with Gasteiger partial charge in [0, 0.05) is 12.6 Å². The Bertz CT molecular complexity index is 234. The first-order valence-electron chi connectivity index (χ1n) is 7.48. The van der Waals surface area contributed by atoms with E-state index in [-0.39, 0.29) is 0 Å². The van der Waals surface area contributed by atoms with Crippen LogP contribution in [0.2, 0.25) is 0 Å². The number of unbranched alkanes of at least 4 members (excludes halogenated alkanes) is 1. The Balaban J connectivity index is 2.73. The molecule has 0 bridgehead atoms. The van der Waals surface area contributed by atoms with Crippen molar-refractivity contribution >= 4 is 0 Å². The molecule has 0 aliphatic carbocycles. The highest BCUT2D eigenvalue weighted by molar-refractivity contribution is 4.87. The summed E-state index contributed by atoms with van der Waals surface area (Å²) in [5, 5.41) is 0. The first kappa shape index (κ1) is 15.0. The van der Waals surface area contributed by atoms with Gasteiger partial charge in [-0.3, -0.25) is 0 Å². The molecule has 1 heterocycles. The Hall–Kier alpha value is -0.0400. The topological polar surface area (TPSA) is 3.24 Å². The van der Waals surface area contributed by atoms with Crippen molar-refractivity contribution in [1.29, 1.82) is 0 Å². The van der Waals surface area contributed by atoms with Gasteiger partial charge >= 0.3 is 0 Å². The predicted octanol–water partition coefficient (Wildman–Crippen LogP) is 4.71. The standard InChI is InChI=1S/C16H33N/c1-7-8-9-16(5)11-10-15(3,4)13-17(6)14(2)12-16/h14H,7-13H2,1-6H3. The number of rotatable bonds is 3. The van der Waals surface area contributed by atoms with Crippen molar-refractivity contribution in [2.24, 2.45) is 10.8 Å². The van der Waals surface area contributed by atoms with Crippen LogP contribution in [0.25, 0.3) is 0 Å². The van der Waals surface area contributed by atoms with Gasteiger partial charge in [-0.2, -0.15) is 0 Å². The van der Waals surface area contributed by atoms with Gasteiger partial charge in [-0.05, 0) is 50.5 Å². The quantitative estimate of drug-likeness (QED) is 0.689. The Morgan fingerprint density at radius 2 is 1.82 bits per heavy atom. The van der Waals surface area contributed by atoms with E-state index in [1.165, 1.54) is 45.1 Å². The maximum absolute atomic E-state index is 2.57. The van der Waals surface area contributed by atoms with E-state index in [2.05, 4.69) is 46.6 Å². The lowest BCUT2D eigenvalue weighted by Gasteiger charge is -2.44. The Kier molecular flexibility index (Phi) is 5.07. The smallest absolute Gasteiger partial charge is 0.00692 e. The molecule has 1 nitrogen and oxygen atoms in total. The Labute approximate surface area is 109 Å². The molecule has 0 radical (unpaired) electrons. The van der Waals surface area contributed by atoms with Gasteiger partial charge in [0.2, 0.25) is 0 Å². The molecule has 0 N–H and O–H groups in total. The van der Waals surface area contributed by atoms with Crippen molar-refractivity contribution in [3.05, 3.63) is 0 Å². The summed E-state index contributed by atoms with van der Waals surface area (Å²) in [7, 11) is 2.30. The molecule has 17 heavy (non-hydrogen) atoms. The zero-order chi connectivity index (χ0) is 13.1. The molecule has 1 aliphatic heterocycles. The molecule has 0 aromatic carbocycles. The molecule has 2 atom stereocenters. The van der Waals surface area contributed by atoms with E-state index in [1.54, 1.807) is 0 Å². The summed E-state index contributed by atoms with van der Waals surface area (Å²) in [5.41, 5.74) is 1.05. The molecule has 0 aromatic rings. The van der Waals surface area contributed by atoms with Gasteiger partial charge in [0.1, 0.15) is 0 Å². The minimum Gasteiger partial charge on any atom is -0.303 e. The largest absolute Gasteiger partial charge is 0.303 e. The van der Waals surface area contributed by atoms with Crippen molar-refractivity contribution in [3.8, 4) is 0 Å². The lowest BCUT2D eigenvalue weighted by molar-refractivity contribution is 0.0658. The first-order chi connectivity index (χ1) is 7.78. The molecular weight excluding hydrogens is 206 g/mol. The van der Waals surface area contributed by atoms with Gasteiger partial charge in [-0.15, -0.1) is 0 Å². The van der Waals surface area contributed by atoms with E-state index < -0.39 is 0 Å². The summed E-state index contributed by atoms with van der Waals surface area (Å²) in [6.07, 6.45) is 8.32. The molecule has 0 amide bonds. The highest BCUT2D eigenvalue weighted by Gasteiger charge is 2.34. The molecule has 0 aromatic heterocycles. The fraction of sp³-hybridized carbons (Fsp3) is 1.00. The van der Waals surface area contributed by atoms with Crippen LogP contribution in [-0.2, 0) is 0 Å². The van der Waals surface area contributed by atoms with Crippen LogP contribution < -0.4 is 0 Å². The lowest BCUT2D eigenvalue weighted by Crippen LogP contribution is -2.43. The highest BCUT2D eigenvalue weighted by atomic mass is 15.1. The predicted molar refractivity (Wildman–Crippen MR) is 77.4 cm³/mol. The van der Waals surface area contributed by atoms with E-state index >= 15 is 0 Å². The summed E-state index contributed by atoms with van der Waals surface area (Å²) in [6.45, 7) is 13.4. The van der Waals surface area contributed by atoms with Gasteiger partial charge in [-0.1, -0.05) is 40.5 Å². The third kappa shape index (κ3) is 4.62. The van der Waals surface area contributed by atoms with E-state index in [4.69, 9.17) is 0 Å². The van der Waals surface area contributed by atoms with Crippen molar-refractivity contribution in [1.82, 2.24) is 4.90 Å². The molecule has 1 saturated heterocycles. The summed E-state index contributed by atoms with van der Waals surface area (Å²) < 4.78 is 0. The molecule has 0 saturated carbocycles. The number of hydrogen-bond acceptors (Lipinski definition) is 1. The molecule has 0 spiro atoms. The maximum atomic E-state index is 2.57. The van der Waals surface area contributed by atoms with Crippen LogP contribution in [0.4, 0.5) is 0 Å². The van der Waals surface area contributed by atoms with Crippen molar-refractivity contribution < 1.29 is 0 Å². The van der Waals surface area contributed by atoms with Crippen molar-refractivity contribution in [2.75, 3.05) is 13.6 Å². The highest BCUT2D eigenvalue weighted by Crippen LogP contribution is 2.41. The third-order valence-electron chi connectivity index (χ3n) is 4.76. The van der Waals surface area contributed by atoms with Crippen LogP contribution in [0, 0.1) is 10.8 Å². The van der Waals surface area contributed by atoms with E-state index in [1.807, 2.05) is 0 Å². The second-order valence-corrected chi connectivity index (χ2v) is 7.55. The number of likely N-dealkylation sites (tertiary alicyclic amines) is 1. The summed E-state index contributed by atoms with van der Waals surface area (Å²) in [5.74, 6) is 0. The lowest BCUT2D eigenvalue weighted by atomic mass is 9.70. The van der Waals surface area contributed by atoms with Crippen LogP contribution in [0.3, 0.4) is 0 Å². The Morgan fingerprint density at radius 3 is 2.41 bits per heavy atom. The molecular formula is C16H33N. The fourth-order valence-corrected chi connectivity index (χ4v) is 3.35. The maximum Gasteiger partial charge on any atom is 0.00692 e. The van der Waals surface area contributed by atoms with E-state index in [0.717, 1.165) is 6.04 Å². The van der Waals surface area contributed by atoms with Gasteiger partial charge in [0.15, 0.2) is 0 Å². The zero-order valence-electron chi connectivity index (χ0n) is 13.0.